The molecule has 252 valence electrons. The number of benzene rings is 4. The quantitative estimate of drug-likeness (QED) is 0.145. The molecule has 49 heavy (non-hydrogen) atoms. The lowest BCUT2D eigenvalue weighted by molar-refractivity contribution is 0.415. The van der Waals surface area contributed by atoms with Crippen LogP contribution >= 0.6 is 11.6 Å². The fraction of sp³-hybridized carbons (Fsp3) is 0.244. The highest BCUT2D eigenvalue weighted by molar-refractivity contribution is 6.31. The number of ether oxygens (including phenoxy) is 1. The maximum absolute atomic E-state index is 6.10. The van der Waals surface area contributed by atoms with Crippen LogP contribution in [0.4, 0.5) is 17.1 Å². The van der Waals surface area contributed by atoms with Crippen molar-refractivity contribution in [3.8, 4) is 5.75 Å². The third kappa shape index (κ3) is 9.06. The number of nitrogens with zero attached hydrogens (tertiary/aromatic N) is 3. The van der Waals surface area contributed by atoms with E-state index < -0.39 is 0 Å². The molecule has 0 bridgehead atoms. The van der Waals surface area contributed by atoms with Gasteiger partial charge in [0.1, 0.15) is 5.75 Å². The number of anilines is 3. The number of hydrogen-bond acceptors (Lipinski definition) is 7. The van der Waals surface area contributed by atoms with Gasteiger partial charge in [0, 0.05) is 62.8 Å². The van der Waals surface area contributed by atoms with Crippen molar-refractivity contribution in [1.82, 2.24) is 15.0 Å². The lowest BCUT2D eigenvalue weighted by Gasteiger charge is -2.16. The van der Waals surface area contributed by atoms with Gasteiger partial charge in [-0.25, -0.2) is 9.97 Å². The molecule has 0 atom stereocenters. The van der Waals surface area contributed by atoms with E-state index >= 15 is 0 Å². The number of halogens is 1. The van der Waals surface area contributed by atoms with Gasteiger partial charge < -0.3 is 20.7 Å². The number of hydrogen-bond donors (Lipinski definition) is 3. The number of aromatic nitrogens is 3. The number of nitrogens with one attached hydrogen (secondary N) is 3. The number of fused-ring (bicyclic) bond motifs is 4. The average Bonchev–Trinajstić information content (AvgIpc) is 3.08. The fourth-order valence-corrected chi connectivity index (χ4v) is 5.70. The zero-order valence-corrected chi connectivity index (χ0v) is 30.0. The molecule has 7 rings (SSSR count). The Morgan fingerprint density at radius 1 is 0.531 bits per heavy atom. The Labute approximate surface area is 294 Å². The molecule has 0 radical (unpaired) electrons. The van der Waals surface area contributed by atoms with Crippen LogP contribution in [0.25, 0.3) is 43.6 Å². The second-order valence-electron chi connectivity index (χ2n) is 12.7. The van der Waals surface area contributed by atoms with Gasteiger partial charge in [-0.3, -0.25) is 4.98 Å². The first-order valence-corrected chi connectivity index (χ1v) is 17.0. The third-order valence-electron chi connectivity index (χ3n) is 7.53. The van der Waals surface area contributed by atoms with Crippen LogP contribution in [0.3, 0.4) is 0 Å². The molecule has 3 heterocycles. The molecule has 0 amide bonds. The topological polar surface area (TPSA) is 84.0 Å². The predicted molar refractivity (Wildman–Crippen MR) is 211 cm³/mol. The van der Waals surface area contributed by atoms with Gasteiger partial charge in [-0.2, -0.15) is 0 Å². The van der Waals surface area contributed by atoms with E-state index in [0.717, 1.165) is 50.0 Å². The molecule has 0 saturated heterocycles. The normalized spacial score (nSPS) is 11.0. The highest BCUT2D eigenvalue weighted by Gasteiger charge is 2.12. The number of pyridine rings is 3. The van der Waals surface area contributed by atoms with Crippen molar-refractivity contribution in [1.29, 1.82) is 0 Å². The Bertz CT molecular complexity index is 2100. The molecule has 0 aliphatic carbocycles. The SMILES string of the molecule is CC(C)Nc1c2ccccc2nc2ccccc12.CC(C)Nc1ccncc1.COc1ccc2nc3cc(Cl)ccc3c(NC(C)C)c2c1. The van der Waals surface area contributed by atoms with Gasteiger partial charge in [0.2, 0.25) is 0 Å². The second-order valence-corrected chi connectivity index (χ2v) is 13.1. The summed E-state index contributed by atoms with van der Waals surface area (Å²) >= 11 is 6.10. The summed E-state index contributed by atoms with van der Waals surface area (Å²) in [5.41, 5.74) is 7.28. The Morgan fingerprint density at radius 3 is 1.61 bits per heavy atom. The van der Waals surface area contributed by atoms with E-state index in [1.54, 1.807) is 19.5 Å². The summed E-state index contributed by atoms with van der Waals surface area (Å²) in [6, 6.07) is 33.4. The fourth-order valence-electron chi connectivity index (χ4n) is 5.53. The van der Waals surface area contributed by atoms with Crippen molar-refractivity contribution < 1.29 is 4.74 Å². The van der Waals surface area contributed by atoms with Crippen LogP contribution in [0, 0.1) is 0 Å². The molecule has 8 heteroatoms. The summed E-state index contributed by atoms with van der Waals surface area (Å²) in [6.07, 6.45) is 3.56. The maximum Gasteiger partial charge on any atom is 0.119 e. The first kappa shape index (κ1) is 35.2. The molecule has 7 aromatic rings. The Morgan fingerprint density at radius 2 is 1.04 bits per heavy atom. The highest BCUT2D eigenvalue weighted by atomic mass is 35.5. The van der Waals surface area contributed by atoms with Gasteiger partial charge in [0.15, 0.2) is 0 Å². The van der Waals surface area contributed by atoms with Gasteiger partial charge >= 0.3 is 0 Å². The van der Waals surface area contributed by atoms with Crippen molar-refractivity contribution in [3.05, 3.63) is 114 Å². The van der Waals surface area contributed by atoms with E-state index in [0.29, 0.717) is 23.1 Å². The maximum atomic E-state index is 6.10. The lowest BCUT2D eigenvalue weighted by Crippen LogP contribution is -2.10. The Kier molecular flexibility index (Phi) is 11.7. The van der Waals surface area contributed by atoms with Crippen molar-refractivity contribution in [3.63, 3.8) is 0 Å². The van der Waals surface area contributed by atoms with Crippen molar-refractivity contribution in [2.45, 2.75) is 59.7 Å². The lowest BCUT2D eigenvalue weighted by atomic mass is 10.1. The van der Waals surface area contributed by atoms with E-state index in [4.69, 9.17) is 26.3 Å². The zero-order chi connectivity index (χ0) is 34.9. The van der Waals surface area contributed by atoms with E-state index in [-0.39, 0.29) is 0 Å². The van der Waals surface area contributed by atoms with Gasteiger partial charge in [-0.05, 0) is 102 Å². The Balaban J connectivity index is 0.000000152. The third-order valence-corrected chi connectivity index (χ3v) is 7.77. The Hall–Kier alpha value is -5.14. The minimum absolute atomic E-state index is 0.320. The van der Waals surface area contributed by atoms with E-state index in [9.17, 15) is 0 Å². The van der Waals surface area contributed by atoms with E-state index in [2.05, 4.69) is 98.9 Å². The molecule has 0 aliphatic rings. The molecular formula is C41H45ClN6O. The first-order valence-electron chi connectivity index (χ1n) is 16.7. The summed E-state index contributed by atoms with van der Waals surface area (Å²) in [6.45, 7) is 12.8. The van der Waals surface area contributed by atoms with Crippen LogP contribution in [0.15, 0.2) is 109 Å². The first-order chi connectivity index (χ1) is 23.6. The summed E-state index contributed by atoms with van der Waals surface area (Å²) in [4.78, 5) is 13.3. The van der Waals surface area contributed by atoms with Crippen LogP contribution in [0.5, 0.6) is 5.75 Å². The second kappa shape index (κ2) is 16.3. The van der Waals surface area contributed by atoms with Crippen LogP contribution in [0.1, 0.15) is 41.5 Å². The van der Waals surface area contributed by atoms with Crippen LogP contribution < -0.4 is 20.7 Å². The molecule has 7 nitrogen and oxygen atoms in total. The molecule has 0 unspecified atom stereocenters. The summed E-state index contributed by atoms with van der Waals surface area (Å²) < 4.78 is 5.34. The molecule has 0 spiro atoms. The molecule has 0 aliphatic heterocycles. The number of methoxy groups -OCH3 is 1. The summed E-state index contributed by atoms with van der Waals surface area (Å²) in [5, 5.41) is 15.5. The summed E-state index contributed by atoms with van der Waals surface area (Å²) in [5.74, 6) is 0.824. The van der Waals surface area contributed by atoms with Crippen molar-refractivity contribution in [2.24, 2.45) is 0 Å². The molecule has 0 saturated carbocycles. The van der Waals surface area contributed by atoms with Gasteiger partial charge in [-0.1, -0.05) is 48.0 Å². The standard InChI is InChI=1S/C17H17ClN2O.C16H16N2.C8H12N2/c1-10(2)19-17-13-6-4-11(18)8-16(13)20-15-7-5-12(21-3)9-14(15)17;1-11(2)17-16-12-7-3-5-9-14(12)18-15-10-6-4-8-13(15)16;1-7(2)10-8-3-5-9-6-4-8/h4-10H,1-3H3,(H,19,20);3-11H,1-2H3,(H,17,18);3-7H,1-2H3,(H,9,10). The number of rotatable bonds is 7. The molecular weight excluding hydrogens is 628 g/mol. The molecule has 0 fully saturated rings. The van der Waals surface area contributed by atoms with Crippen molar-refractivity contribution >= 4 is 72.3 Å². The van der Waals surface area contributed by atoms with Gasteiger partial charge in [0.05, 0.1) is 40.6 Å². The van der Waals surface area contributed by atoms with Crippen LogP contribution in [-0.2, 0) is 0 Å². The minimum Gasteiger partial charge on any atom is -0.497 e. The minimum atomic E-state index is 0.320. The van der Waals surface area contributed by atoms with E-state index in [1.165, 1.54) is 16.5 Å². The van der Waals surface area contributed by atoms with Crippen LogP contribution in [0.2, 0.25) is 5.02 Å². The van der Waals surface area contributed by atoms with Crippen molar-refractivity contribution in [2.75, 3.05) is 23.1 Å². The highest BCUT2D eigenvalue weighted by Crippen LogP contribution is 2.35. The average molecular weight is 673 g/mol. The number of para-hydroxylation sites is 2. The smallest absolute Gasteiger partial charge is 0.119 e. The van der Waals surface area contributed by atoms with E-state index in [1.807, 2.05) is 60.7 Å². The van der Waals surface area contributed by atoms with Crippen LogP contribution in [-0.4, -0.2) is 40.2 Å². The monoisotopic (exact) mass is 672 g/mol. The molecule has 3 aromatic heterocycles. The van der Waals surface area contributed by atoms with Gasteiger partial charge in [0.25, 0.3) is 0 Å². The largest absolute Gasteiger partial charge is 0.497 e. The predicted octanol–water partition coefficient (Wildman–Crippen LogP) is 11.0. The zero-order valence-electron chi connectivity index (χ0n) is 29.3. The van der Waals surface area contributed by atoms with Gasteiger partial charge in [-0.15, -0.1) is 0 Å². The molecule has 4 aromatic carbocycles. The molecule has 3 N–H and O–H groups in total. The summed E-state index contributed by atoms with van der Waals surface area (Å²) in [7, 11) is 1.67.